The lowest BCUT2D eigenvalue weighted by Gasteiger charge is -2.02. The summed E-state index contributed by atoms with van der Waals surface area (Å²) in [5, 5.41) is 0. The number of epoxide rings is 1. The molecular weight excluding hydrogens is 148 g/mol. The standard InChI is InChI=1S/C7H12O4/c1-2-7(8)11-5-9-3-6-4-10-6/h6H,2-5H2,1H3. The van der Waals surface area contributed by atoms with Crippen molar-refractivity contribution in [3.63, 3.8) is 0 Å². The third-order valence-corrected chi connectivity index (χ3v) is 1.30. The minimum absolute atomic E-state index is 0.0481. The number of hydrogen-bond acceptors (Lipinski definition) is 4. The lowest BCUT2D eigenvalue weighted by Crippen LogP contribution is -2.09. The maximum absolute atomic E-state index is 10.5. The van der Waals surface area contributed by atoms with E-state index in [0.29, 0.717) is 13.0 Å². The monoisotopic (exact) mass is 160 g/mol. The Morgan fingerprint density at radius 3 is 3.00 bits per heavy atom. The van der Waals surface area contributed by atoms with Crippen LogP contribution in [0, 0.1) is 0 Å². The van der Waals surface area contributed by atoms with E-state index in [1.165, 1.54) is 0 Å². The second-order valence-corrected chi connectivity index (χ2v) is 2.31. The summed E-state index contributed by atoms with van der Waals surface area (Å²) in [6, 6.07) is 0. The molecule has 0 bridgehead atoms. The summed E-state index contributed by atoms with van der Waals surface area (Å²) in [6.07, 6.45) is 0.624. The molecule has 1 aliphatic heterocycles. The molecule has 1 saturated heterocycles. The van der Waals surface area contributed by atoms with Crippen LogP contribution in [0.3, 0.4) is 0 Å². The van der Waals surface area contributed by atoms with Crippen molar-refractivity contribution in [2.75, 3.05) is 20.0 Å². The molecule has 4 nitrogen and oxygen atoms in total. The van der Waals surface area contributed by atoms with Gasteiger partial charge in [0.1, 0.15) is 6.10 Å². The Kier molecular flexibility index (Phi) is 3.32. The zero-order valence-corrected chi connectivity index (χ0v) is 6.54. The van der Waals surface area contributed by atoms with E-state index in [9.17, 15) is 4.79 Å². The van der Waals surface area contributed by atoms with Crippen LogP contribution in [0.25, 0.3) is 0 Å². The fraction of sp³-hybridized carbons (Fsp3) is 0.857. The van der Waals surface area contributed by atoms with Crippen LogP contribution in [0.15, 0.2) is 0 Å². The van der Waals surface area contributed by atoms with Crippen molar-refractivity contribution in [2.45, 2.75) is 19.4 Å². The minimum Gasteiger partial charge on any atom is -0.438 e. The number of carbonyl (C=O) groups is 1. The van der Waals surface area contributed by atoms with E-state index >= 15 is 0 Å². The molecule has 0 aromatic carbocycles. The van der Waals surface area contributed by atoms with E-state index in [-0.39, 0.29) is 18.9 Å². The quantitative estimate of drug-likeness (QED) is 0.251. The van der Waals surface area contributed by atoms with Crippen molar-refractivity contribution in [2.24, 2.45) is 0 Å². The predicted molar refractivity (Wildman–Crippen MR) is 36.9 cm³/mol. The van der Waals surface area contributed by atoms with Crippen molar-refractivity contribution in [1.29, 1.82) is 0 Å². The first-order valence-electron chi connectivity index (χ1n) is 3.68. The van der Waals surface area contributed by atoms with Crippen LogP contribution in [-0.4, -0.2) is 32.1 Å². The molecule has 1 unspecified atom stereocenters. The number of carbonyl (C=O) groups excluding carboxylic acids is 1. The molecule has 11 heavy (non-hydrogen) atoms. The lowest BCUT2D eigenvalue weighted by atomic mass is 10.5. The number of hydrogen-bond donors (Lipinski definition) is 0. The molecule has 0 N–H and O–H groups in total. The number of ether oxygens (including phenoxy) is 3. The Hall–Kier alpha value is -0.610. The van der Waals surface area contributed by atoms with E-state index < -0.39 is 0 Å². The van der Waals surface area contributed by atoms with Gasteiger partial charge < -0.3 is 14.2 Å². The minimum atomic E-state index is -0.235. The summed E-state index contributed by atoms with van der Waals surface area (Å²) in [5.41, 5.74) is 0. The van der Waals surface area contributed by atoms with Crippen LogP contribution >= 0.6 is 0 Å². The van der Waals surface area contributed by atoms with Gasteiger partial charge in [-0.15, -0.1) is 0 Å². The van der Waals surface area contributed by atoms with Gasteiger partial charge in [-0.25, -0.2) is 0 Å². The lowest BCUT2D eigenvalue weighted by molar-refractivity contribution is -0.156. The molecule has 4 heteroatoms. The Bertz CT molecular complexity index is 130. The zero-order chi connectivity index (χ0) is 8.10. The van der Waals surface area contributed by atoms with Crippen LogP contribution < -0.4 is 0 Å². The highest BCUT2D eigenvalue weighted by Crippen LogP contribution is 2.08. The summed E-state index contributed by atoms with van der Waals surface area (Å²) in [4.78, 5) is 10.5. The Balaban J connectivity index is 1.82. The molecule has 1 rings (SSSR count). The summed E-state index contributed by atoms with van der Waals surface area (Å²) >= 11 is 0. The summed E-state index contributed by atoms with van der Waals surface area (Å²) in [7, 11) is 0. The van der Waals surface area contributed by atoms with Crippen molar-refractivity contribution in [3.05, 3.63) is 0 Å². The van der Waals surface area contributed by atoms with Gasteiger partial charge in [0, 0.05) is 6.42 Å². The van der Waals surface area contributed by atoms with Gasteiger partial charge in [0.15, 0.2) is 6.79 Å². The SMILES string of the molecule is CCC(=O)OCOCC1CO1. The van der Waals surface area contributed by atoms with E-state index in [1.54, 1.807) is 6.92 Å². The average molecular weight is 160 g/mol. The van der Waals surface area contributed by atoms with Gasteiger partial charge in [0.25, 0.3) is 0 Å². The Morgan fingerprint density at radius 1 is 1.73 bits per heavy atom. The third-order valence-electron chi connectivity index (χ3n) is 1.30. The predicted octanol–water partition coefficient (Wildman–Crippen LogP) is 0.312. The summed E-state index contributed by atoms with van der Waals surface area (Å²) in [5.74, 6) is -0.235. The van der Waals surface area contributed by atoms with Crippen molar-refractivity contribution in [1.82, 2.24) is 0 Å². The molecule has 1 aliphatic rings. The summed E-state index contributed by atoms with van der Waals surface area (Å²) in [6.45, 7) is 3.08. The van der Waals surface area contributed by atoms with E-state index in [4.69, 9.17) is 9.47 Å². The first-order chi connectivity index (χ1) is 5.33. The maximum atomic E-state index is 10.5. The van der Waals surface area contributed by atoms with Gasteiger partial charge in [-0.05, 0) is 0 Å². The van der Waals surface area contributed by atoms with Gasteiger partial charge >= 0.3 is 5.97 Å². The highest BCUT2D eigenvalue weighted by atomic mass is 16.7. The van der Waals surface area contributed by atoms with E-state index in [2.05, 4.69) is 4.74 Å². The van der Waals surface area contributed by atoms with Crippen LogP contribution in [0.5, 0.6) is 0 Å². The second-order valence-electron chi connectivity index (χ2n) is 2.31. The van der Waals surface area contributed by atoms with Crippen LogP contribution in [0.4, 0.5) is 0 Å². The van der Waals surface area contributed by atoms with E-state index in [0.717, 1.165) is 6.61 Å². The summed E-state index contributed by atoms with van der Waals surface area (Å²) < 4.78 is 14.5. The Labute approximate surface area is 65.4 Å². The van der Waals surface area contributed by atoms with Crippen molar-refractivity contribution in [3.8, 4) is 0 Å². The van der Waals surface area contributed by atoms with Crippen molar-refractivity contribution < 1.29 is 19.0 Å². The molecule has 0 saturated carbocycles. The first-order valence-corrected chi connectivity index (χ1v) is 3.68. The second kappa shape index (κ2) is 4.31. The topological polar surface area (TPSA) is 48.1 Å². The fourth-order valence-corrected chi connectivity index (χ4v) is 0.553. The molecule has 0 aromatic rings. The number of esters is 1. The molecule has 0 aromatic heterocycles. The molecule has 0 aliphatic carbocycles. The molecule has 0 radical (unpaired) electrons. The van der Waals surface area contributed by atoms with Crippen molar-refractivity contribution >= 4 is 5.97 Å². The largest absolute Gasteiger partial charge is 0.438 e. The molecule has 1 heterocycles. The van der Waals surface area contributed by atoms with Crippen LogP contribution in [0.2, 0.25) is 0 Å². The highest BCUT2D eigenvalue weighted by Gasteiger charge is 2.22. The van der Waals surface area contributed by atoms with Gasteiger partial charge in [0.2, 0.25) is 0 Å². The van der Waals surface area contributed by atoms with Gasteiger partial charge in [-0.1, -0.05) is 6.92 Å². The molecule has 64 valence electrons. The Morgan fingerprint density at radius 2 is 2.45 bits per heavy atom. The number of rotatable bonds is 5. The molecular formula is C7H12O4. The normalized spacial score (nSPS) is 21.4. The van der Waals surface area contributed by atoms with Gasteiger partial charge in [0.05, 0.1) is 13.2 Å². The third kappa shape index (κ3) is 3.95. The van der Waals surface area contributed by atoms with Crippen LogP contribution in [-0.2, 0) is 19.0 Å². The average Bonchev–Trinajstić information content (AvgIpc) is 2.81. The molecule has 1 fully saturated rings. The molecule has 0 amide bonds. The van der Waals surface area contributed by atoms with Gasteiger partial charge in [-0.3, -0.25) is 4.79 Å². The first kappa shape index (κ1) is 8.49. The van der Waals surface area contributed by atoms with E-state index in [1.807, 2.05) is 0 Å². The van der Waals surface area contributed by atoms with Gasteiger partial charge in [-0.2, -0.15) is 0 Å². The van der Waals surface area contributed by atoms with Crippen LogP contribution in [0.1, 0.15) is 13.3 Å². The maximum Gasteiger partial charge on any atom is 0.307 e. The zero-order valence-electron chi connectivity index (χ0n) is 6.54. The highest BCUT2D eigenvalue weighted by molar-refractivity contribution is 5.68. The smallest absolute Gasteiger partial charge is 0.307 e. The fourth-order valence-electron chi connectivity index (χ4n) is 0.553. The molecule has 0 spiro atoms. The molecule has 1 atom stereocenters.